The molecule has 2 aromatic carbocycles. The van der Waals surface area contributed by atoms with Crippen molar-refractivity contribution in [3.63, 3.8) is 0 Å². The minimum atomic E-state index is -0.615. The third-order valence-electron chi connectivity index (χ3n) is 6.04. The second-order valence-electron chi connectivity index (χ2n) is 7.91. The van der Waals surface area contributed by atoms with E-state index in [1.165, 1.54) is 10.0 Å². The molecule has 2 heterocycles. The molecule has 2 aliphatic heterocycles. The van der Waals surface area contributed by atoms with E-state index in [0.717, 1.165) is 22.8 Å². The lowest BCUT2D eigenvalue weighted by atomic mass is 10.00. The summed E-state index contributed by atoms with van der Waals surface area (Å²) in [4.78, 5) is 41.5. The average Bonchev–Trinajstić information content (AvgIpc) is 2.77. The summed E-state index contributed by atoms with van der Waals surface area (Å²) in [7, 11) is 0. The van der Waals surface area contributed by atoms with E-state index in [-0.39, 0.29) is 31.4 Å². The molecule has 0 aromatic heterocycles. The number of hydrogen-bond acceptors (Lipinski definition) is 5. The van der Waals surface area contributed by atoms with E-state index in [0.29, 0.717) is 19.4 Å². The molecule has 2 atom stereocenters. The number of fused-ring (bicyclic) bond motifs is 2. The maximum Gasteiger partial charge on any atom is 0.245 e. The zero-order valence-corrected chi connectivity index (χ0v) is 17.5. The minimum absolute atomic E-state index is 0.0649. The van der Waals surface area contributed by atoms with Crippen molar-refractivity contribution < 1.29 is 14.4 Å². The number of nitriles is 1. The Morgan fingerprint density at radius 3 is 2.68 bits per heavy atom. The van der Waals surface area contributed by atoms with E-state index in [4.69, 9.17) is 5.26 Å². The summed E-state index contributed by atoms with van der Waals surface area (Å²) in [6.45, 7) is 2.42. The van der Waals surface area contributed by atoms with Gasteiger partial charge in [0.1, 0.15) is 18.8 Å². The number of nitrogens with zero attached hydrogens (tertiary/aromatic N) is 5. The summed E-state index contributed by atoms with van der Waals surface area (Å²) >= 11 is 0. The highest BCUT2D eigenvalue weighted by atomic mass is 16.2. The van der Waals surface area contributed by atoms with E-state index in [1.54, 1.807) is 9.80 Å². The molecule has 3 amide bonds. The van der Waals surface area contributed by atoms with E-state index in [1.807, 2.05) is 55.5 Å². The van der Waals surface area contributed by atoms with E-state index < -0.39 is 12.2 Å². The number of hydrazine groups is 1. The van der Waals surface area contributed by atoms with Gasteiger partial charge in [0, 0.05) is 6.54 Å². The van der Waals surface area contributed by atoms with Crippen LogP contribution in [0.2, 0.25) is 0 Å². The number of carbonyl (C=O) groups excluding carboxylic acids is 3. The van der Waals surface area contributed by atoms with Crippen LogP contribution in [0.25, 0.3) is 10.8 Å². The quantitative estimate of drug-likeness (QED) is 0.526. The third-order valence-corrected chi connectivity index (χ3v) is 6.04. The first-order valence-electron chi connectivity index (χ1n) is 10.5. The van der Waals surface area contributed by atoms with Gasteiger partial charge < -0.3 is 9.80 Å². The Labute approximate surface area is 181 Å². The molecule has 8 nitrogen and oxygen atoms in total. The Hall–Kier alpha value is -3.44. The van der Waals surface area contributed by atoms with Gasteiger partial charge in [0.05, 0.1) is 19.2 Å². The first-order chi connectivity index (χ1) is 15.1. The lowest BCUT2D eigenvalue weighted by Crippen LogP contribution is -2.74. The molecule has 160 valence electrons. The molecule has 2 saturated heterocycles. The van der Waals surface area contributed by atoms with E-state index in [2.05, 4.69) is 0 Å². The number of rotatable bonds is 6. The molecule has 0 spiro atoms. The molecule has 8 heteroatoms. The fourth-order valence-corrected chi connectivity index (χ4v) is 4.64. The van der Waals surface area contributed by atoms with Gasteiger partial charge in [-0.15, -0.1) is 0 Å². The fourth-order valence-electron chi connectivity index (χ4n) is 4.64. The molecule has 2 aromatic rings. The van der Waals surface area contributed by atoms with E-state index in [9.17, 15) is 14.4 Å². The van der Waals surface area contributed by atoms with Crippen LogP contribution in [0.1, 0.15) is 25.3 Å². The summed E-state index contributed by atoms with van der Waals surface area (Å²) in [5.74, 6) is -0.325. The standard InChI is InChI=1S/C23H25N5O3/c1-2-6-20-23(31)25(13-18-9-5-8-17-7-3-4-10-19(17)18)14-21-27(16-29)26(12-11-24)15-22(30)28(20)21/h3-5,7-10,16,20-21H,2,6,12-15H2,1H3/t20-,21?/m0/s1. The normalized spacial score (nSPS) is 21.9. The van der Waals surface area contributed by atoms with Crippen LogP contribution in [0, 0.1) is 11.3 Å². The summed E-state index contributed by atoms with van der Waals surface area (Å²) in [5, 5.41) is 14.1. The number of piperazine rings is 1. The monoisotopic (exact) mass is 419 g/mol. The highest BCUT2D eigenvalue weighted by Gasteiger charge is 2.49. The molecule has 0 aliphatic carbocycles. The van der Waals surface area contributed by atoms with Gasteiger partial charge >= 0.3 is 0 Å². The Morgan fingerprint density at radius 2 is 1.94 bits per heavy atom. The van der Waals surface area contributed by atoms with Crippen LogP contribution >= 0.6 is 0 Å². The molecule has 2 aliphatic rings. The maximum atomic E-state index is 13.4. The summed E-state index contributed by atoms with van der Waals surface area (Å²) < 4.78 is 0. The van der Waals surface area contributed by atoms with Crippen molar-refractivity contribution in [3.8, 4) is 6.07 Å². The number of amides is 3. The summed E-state index contributed by atoms with van der Waals surface area (Å²) in [6, 6.07) is 15.4. The Kier molecular flexibility index (Phi) is 5.87. The zero-order valence-electron chi connectivity index (χ0n) is 17.5. The predicted molar refractivity (Wildman–Crippen MR) is 114 cm³/mol. The van der Waals surface area contributed by atoms with Crippen molar-refractivity contribution in [1.29, 1.82) is 5.26 Å². The van der Waals surface area contributed by atoms with Gasteiger partial charge in [0.25, 0.3) is 0 Å². The van der Waals surface area contributed by atoms with Gasteiger partial charge in [0.15, 0.2) is 0 Å². The lowest BCUT2D eigenvalue weighted by molar-refractivity contribution is -0.199. The highest BCUT2D eigenvalue weighted by Crippen LogP contribution is 2.29. The second kappa shape index (κ2) is 8.74. The van der Waals surface area contributed by atoms with Crippen molar-refractivity contribution in [1.82, 2.24) is 19.8 Å². The van der Waals surface area contributed by atoms with Crippen LogP contribution in [0.4, 0.5) is 0 Å². The van der Waals surface area contributed by atoms with Crippen molar-refractivity contribution in [2.75, 3.05) is 19.6 Å². The molecule has 0 radical (unpaired) electrons. The Morgan fingerprint density at radius 1 is 1.16 bits per heavy atom. The third kappa shape index (κ3) is 3.73. The van der Waals surface area contributed by atoms with Gasteiger partial charge in [-0.1, -0.05) is 55.8 Å². The molecule has 4 rings (SSSR count). The van der Waals surface area contributed by atoms with Gasteiger partial charge in [-0.05, 0) is 22.8 Å². The average molecular weight is 419 g/mol. The topological polar surface area (TPSA) is 88.0 Å². The zero-order chi connectivity index (χ0) is 22.0. The van der Waals surface area contributed by atoms with Crippen LogP contribution in [-0.4, -0.2) is 69.9 Å². The van der Waals surface area contributed by atoms with Gasteiger partial charge in [-0.2, -0.15) is 10.3 Å². The van der Waals surface area contributed by atoms with Crippen molar-refractivity contribution in [2.24, 2.45) is 0 Å². The Bertz CT molecular complexity index is 1040. The fraction of sp³-hybridized carbons (Fsp3) is 0.391. The second-order valence-corrected chi connectivity index (χ2v) is 7.91. The smallest absolute Gasteiger partial charge is 0.245 e. The minimum Gasteiger partial charge on any atom is -0.333 e. The van der Waals surface area contributed by atoms with Crippen LogP contribution < -0.4 is 0 Å². The molecular formula is C23H25N5O3. The molecule has 1 unspecified atom stereocenters. The van der Waals surface area contributed by atoms with Crippen LogP contribution in [0.15, 0.2) is 42.5 Å². The van der Waals surface area contributed by atoms with Crippen molar-refractivity contribution in [2.45, 2.75) is 38.5 Å². The molecule has 0 N–H and O–H groups in total. The number of carbonyl (C=O) groups is 3. The first kappa shape index (κ1) is 20.8. The number of benzene rings is 2. The van der Waals surface area contributed by atoms with Crippen LogP contribution in [0.5, 0.6) is 0 Å². The van der Waals surface area contributed by atoms with E-state index >= 15 is 0 Å². The largest absolute Gasteiger partial charge is 0.333 e. The lowest BCUT2D eigenvalue weighted by Gasteiger charge is -2.54. The van der Waals surface area contributed by atoms with Crippen LogP contribution in [0.3, 0.4) is 0 Å². The first-order valence-corrected chi connectivity index (χ1v) is 10.5. The predicted octanol–water partition coefficient (Wildman–Crippen LogP) is 1.72. The summed E-state index contributed by atoms with van der Waals surface area (Å²) in [6.07, 6.45) is 1.29. The number of hydrogen-bond donors (Lipinski definition) is 0. The highest BCUT2D eigenvalue weighted by molar-refractivity contribution is 5.91. The molecular weight excluding hydrogens is 394 g/mol. The maximum absolute atomic E-state index is 13.4. The molecule has 31 heavy (non-hydrogen) atoms. The van der Waals surface area contributed by atoms with Gasteiger partial charge in [-0.3, -0.25) is 19.4 Å². The van der Waals surface area contributed by atoms with Gasteiger partial charge in [0.2, 0.25) is 18.2 Å². The Balaban J connectivity index is 1.69. The molecule has 0 saturated carbocycles. The van der Waals surface area contributed by atoms with Crippen molar-refractivity contribution in [3.05, 3.63) is 48.0 Å². The SMILES string of the molecule is CCC[C@H]1C(=O)N(Cc2cccc3ccccc23)CC2N1C(=O)CN(CC#N)N2C=O. The summed E-state index contributed by atoms with van der Waals surface area (Å²) in [5.41, 5.74) is 1.02. The molecule has 0 bridgehead atoms. The van der Waals surface area contributed by atoms with Crippen LogP contribution in [-0.2, 0) is 20.9 Å². The molecule has 2 fully saturated rings. The van der Waals surface area contributed by atoms with Crippen molar-refractivity contribution >= 4 is 29.0 Å². The van der Waals surface area contributed by atoms with Gasteiger partial charge in [-0.25, -0.2) is 0 Å².